The first-order chi connectivity index (χ1) is 11.0. The van der Waals surface area contributed by atoms with Crippen LogP contribution in [0, 0.1) is 11.3 Å². The molecule has 0 aromatic rings. The molecule has 0 N–H and O–H groups in total. The van der Waals surface area contributed by atoms with Crippen molar-refractivity contribution < 1.29 is 13.2 Å². The fraction of sp³-hybridized carbons (Fsp3) is 1.00. The second-order valence-corrected chi connectivity index (χ2v) is 9.66. The average molecular weight is 346 g/mol. The Kier molecular flexibility index (Phi) is 5.33. The van der Waals surface area contributed by atoms with Gasteiger partial charge in [0.2, 0.25) is 0 Å². The van der Waals surface area contributed by atoms with Gasteiger partial charge in [0.15, 0.2) is 0 Å². The molecule has 6 nitrogen and oxygen atoms in total. The molecular formula is C16H31N3O3S. The molecule has 0 aliphatic carbocycles. The standard InChI is InChI=1S/C16H31N3O3S/c1-17-11-7-16(13-17)6-3-8-19(14-16)23(20,21)18-9-4-15(5-10-18)12-22-2/h15H,3-14H2,1-2H3. The Bertz CT molecular complexity index is 501. The normalized spacial score (nSPS) is 32.8. The quantitative estimate of drug-likeness (QED) is 0.763. The number of hydrogen-bond donors (Lipinski definition) is 0. The van der Waals surface area contributed by atoms with Crippen LogP contribution >= 0.6 is 0 Å². The van der Waals surface area contributed by atoms with Crippen molar-refractivity contribution in [1.82, 2.24) is 13.5 Å². The van der Waals surface area contributed by atoms with E-state index in [1.54, 1.807) is 15.7 Å². The van der Waals surface area contributed by atoms with Gasteiger partial charge in [-0.2, -0.15) is 17.0 Å². The van der Waals surface area contributed by atoms with Crippen molar-refractivity contribution in [3.05, 3.63) is 0 Å². The fourth-order valence-electron chi connectivity index (χ4n) is 4.56. The molecule has 134 valence electrons. The molecule has 3 aliphatic rings. The van der Waals surface area contributed by atoms with Gasteiger partial charge in [-0.3, -0.25) is 0 Å². The smallest absolute Gasteiger partial charge is 0.281 e. The first-order valence-electron chi connectivity index (χ1n) is 8.88. The SMILES string of the molecule is COCC1CCN(S(=O)(=O)N2CCCC3(CCN(C)C3)C2)CC1. The number of piperidine rings is 2. The summed E-state index contributed by atoms with van der Waals surface area (Å²) in [7, 11) is 0.562. The highest BCUT2D eigenvalue weighted by Crippen LogP contribution is 2.39. The molecule has 1 unspecified atom stereocenters. The van der Waals surface area contributed by atoms with E-state index >= 15 is 0 Å². The van der Waals surface area contributed by atoms with Crippen LogP contribution in [0.1, 0.15) is 32.1 Å². The number of likely N-dealkylation sites (tertiary alicyclic amines) is 1. The maximum Gasteiger partial charge on any atom is 0.281 e. The summed E-state index contributed by atoms with van der Waals surface area (Å²) in [5.74, 6) is 0.502. The summed E-state index contributed by atoms with van der Waals surface area (Å²) in [6.07, 6.45) is 5.11. The van der Waals surface area contributed by atoms with Crippen LogP contribution in [0.4, 0.5) is 0 Å². The second-order valence-electron chi connectivity index (χ2n) is 7.73. The van der Waals surface area contributed by atoms with Gasteiger partial charge in [-0.15, -0.1) is 0 Å². The average Bonchev–Trinajstić information content (AvgIpc) is 2.88. The Morgan fingerprint density at radius 3 is 2.39 bits per heavy atom. The van der Waals surface area contributed by atoms with Gasteiger partial charge in [0.05, 0.1) is 0 Å². The van der Waals surface area contributed by atoms with Crippen LogP contribution in [0.15, 0.2) is 0 Å². The van der Waals surface area contributed by atoms with E-state index in [0.717, 1.165) is 45.4 Å². The monoisotopic (exact) mass is 345 g/mol. The van der Waals surface area contributed by atoms with Gasteiger partial charge in [-0.25, -0.2) is 0 Å². The third-order valence-electron chi connectivity index (χ3n) is 5.88. The summed E-state index contributed by atoms with van der Waals surface area (Å²) in [6, 6.07) is 0. The second kappa shape index (κ2) is 6.96. The lowest BCUT2D eigenvalue weighted by molar-refractivity contribution is 0.114. The molecular weight excluding hydrogens is 314 g/mol. The summed E-state index contributed by atoms with van der Waals surface area (Å²) >= 11 is 0. The van der Waals surface area contributed by atoms with E-state index in [1.165, 1.54) is 6.42 Å². The molecule has 0 radical (unpaired) electrons. The van der Waals surface area contributed by atoms with Crippen molar-refractivity contribution in [2.45, 2.75) is 32.1 Å². The Labute approximate surface area is 140 Å². The zero-order valence-electron chi connectivity index (χ0n) is 14.5. The highest BCUT2D eigenvalue weighted by atomic mass is 32.2. The number of methoxy groups -OCH3 is 1. The molecule has 3 fully saturated rings. The van der Waals surface area contributed by atoms with Gasteiger partial charge in [0.1, 0.15) is 0 Å². The molecule has 0 amide bonds. The lowest BCUT2D eigenvalue weighted by Crippen LogP contribution is -2.53. The summed E-state index contributed by atoms with van der Waals surface area (Å²) in [5, 5.41) is 0. The van der Waals surface area contributed by atoms with E-state index in [4.69, 9.17) is 4.74 Å². The number of ether oxygens (including phenoxy) is 1. The van der Waals surface area contributed by atoms with Crippen LogP contribution in [0.2, 0.25) is 0 Å². The maximum atomic E-state index is 13.0. The summed E-state index contributed by atoms with van der Waals surface area (Å²) in [6.45, 7) is 5.54. The summed E-state index contributed by atoms with van der Waals surface area (Å²) in [4.78, 5) is 2.34. The zero-order chi connectivity index (χ0) is 16.5. The Hall–Kier alpha value is -0.210. The summed E-state index contributed by atoms with van der Waals surface area (Å²) < 4.78 is 34.8. The lowest BCUT2D eigenvalue weighted by Gasteiger charge is -2.42. The lowest BCUT2D eigenvalue weighted by atomic mass is 9.80. The fourth-order valence-corrected chi connectivity index (χ4v) is 6.35. The third-order valence-corrected chi connectivity index (χ3v) is 7.87. The Morgan fingerprint density at radius 1 is 1.04 bits per heavy atom. The van der Waals surface area contributed by atoms with Gasteiger partial charge < -0.3 is 9.64 Å². The van der Waals surface area contributed by atoms with E-state index < -0.39 is 10.2 Å². The van der Waals surface area contributed by atoms with E-state index in [-0.39, 0.29) is 5.41 Å². The van der Waals surface area contributed by atoms with Gasteiger partial charge >= 0.3 is 0 Å². The molecule has 3 rings (SSSR count). The Morgan fingerprint density at radius 2 is 1.78 bits per heavy atom. The Balaban J connectivity index is 1.63. The van der Waals surface area contributed by atoms with E-state index in [9.17, 15) is 8.42 Å². The van der Waals surface area contributed by atoms with Crippen LogP contribution in [0.25, 0.3) is 0 Å². The predicted molar refractivity (Wildman–Crippen MR) is 90.4 cm³/mol. The molecule has 1 spiro atoms. The number of nitrogens with zero attached hydrogens (tertiary/aromatic N) is 3. The molecule has 0 aromatic heterocycles. The van der Waals surface area contributed by atoms with Gasteiger partial charge in [0.25, 0.3) is 10.2 Å². The maximum absolute atomic E-state index is 13.0. The van der Waals surface area contributed by atoms with Gasteiger partial charge in [-0.05, 0) is 57.0 Å². The molecule has 1 atom stereocenters. The molecule has 0 saturated carbocycles. The van der Waals surface area contributed by atoms with Crippen LogP contribution in [0.3, 0.4) is 0 Å². The molecule has 3 saturated heterocycles. The first kappa shape index (κ1) is 17.6. The third kappa shape index (κ3) is 3.74. The number of rotatable bonds is 4. The van der Waals surface area contributed by atoms with Crippen molar-refractivity contribution in [2.24, 2.45) is 11.3 Å². The zero-order valence-corrected chi connectivity index (χ0v) is 15.4. The van der Waals surface area contributed by atoms with E-state index in [0.29, 0.717) is 32.1 Å². The molecule has 3 aliphatic heterocycles. The van der Waals surface area contributed by atoms with Crippen LogP contribution < -0.4 is 0 Å². The van der Waals surface area contributed by atoms with E-state index in [1.807, 2.05) is 0 Å². The number of hydrogen-bond acceptors (Lipinski definition) is 4. The van der Waals surface area contributed by atoms with Crippen molar-refractivity contribution in [2.75, 3.05) is 60.0 Å². The van der Waals surface area contributed by atoms with Crippen LogP contribution in [-0.2, 0) is 14.9 Å². The molecule has 7 heteroatoms. The molecule has 0 bridgehead atoms. The van der Waals surface area contributed by atoms with Gasteiger partial charge in [-0.1, -0.05) is 0 Å². The highest BCUT2D eigenvalue weighted by molar-refractivity contribution is 7.86. The van der Waals surface area contributed by atoms with Crippen molar-refractivity contribution >= 4 is 10.2 Å². The first-order valence-corrected chi connectivity index (χ1v) is 10.3. The van der Waals surface area contributed by atoms with Crippen molar-refractivity contribution in [3.63, 3.8) is 0 Å². The topological polar surface area (TPSA) is 53.1 Å². The van der Waals surface area contributed by atoms with Crippen molar-refractivity contribution in [3.8, 4) is 0 Å². The molecule has 3 heterocycles. The molecule has 0 aromatic carbocycles. The minimum Gasteiger partial charge on any atom is -0.384 e. The largest absolute Gasteiger partial charge is 0.384 e. The van der Waals surface area contributed by atoms with Gasteiger partial charge in [0, 0.05) is 46.4 Å². The van der Waals surface area contributed by atoms with Crippen molar-refractivity contribution in [1.29, 1.82) is 0 Å². The molecule has 23 heavy (non-hydrogen) atoms. The minimum atomic E-state index is -3.30. The minimum absolute atomic E-state index is 0.189. The predicted octanol–water partition coefficient (Wildman–Crippen LogP) is 1.01. The summed E-state index contributed by atoms with van der Waals surface area (Å²) in [5.41, 5.74) is 0.189. The van der Waals surface area contributed by atoms with E-state index in [2.05, 4.69) is 11.9 Å². The van der Waals surface area contributed by atoms with Crippen LogP contribution in [-0.4, -0.2) is 82.0 Å². The van der Waals surface area contributed by atoms with Crippen LogP contribution in [0.5, 0.6) is 0 Å². The highest BCUT2D eigenvalue weighted by Gasteiger charge is 2.44.